The van der Waals surface area contributed by atoms with Gasteiger partial charge in [-0.3, -0.25) is 9.59 Å². The zero-order valence-corrected chi connectivity index (χ0v) is 15.1. The third-order valence-electron chi connectivity index (χ3n) is 4.51. The van der Waals surface area contributed by atoms with Gasteiger partial charge in [-0.1, -0.05) is 23.9 Å². The van der Waals surface area contributed by atoms with Gasteiger partial charge in [0.1, 0.15) is 0 Å². The minimum Gasteiger partial charge on any atom is -0.326 e. The van der Waals surface area contributed by atoms with E-state index in [0.29, 0.717) is 0 Å². The van der Waals surface area contributed by atoms with Gasteiger partial charge in [-0.05, 0) is 57.0 Å². The van der Waals surface area contributed by atoms with Crippen LogP contribution in [0.5, 0.6) is 0 Å². The van der Waals surface area contributed by atoms with Crippen LogP contribution < -0.4 is 10.2 Å². The topological polar surface area (TPSA) is 49.4 Å². The minimum absolute atomic E-state index is 0.0200. The molecule has 4 nitrogen and oxygen atoms in total. The molecule has 0 radical (unpaired) electrons. The summed E-state index contributed by atoms with van der Waals surface area (Å²) >= 11 is 1.58. The molecule has 25 heavy (non-hydrogen) atoms. The van der Waals surface area contributed by atoms with E-state index in [1.54, 1.807) is 11.8 Å². The Labute approximate surface area is 151 Å². The number of carbonyl (C=O) groups excluding carboxylic acids is 2. The number of rotatable bonds is 3. The van der Waals surface area contributed by atoms with E-state index in [-0.39, 0.29) is 23.8 Å². The maximum Gasteiger partial charge on any atom is 0.259 e. The highest BCUT2D eigenvalue weighted by Crippen LogP contribution is 2.43. The van der Waals surface area contributed by atoms with Gasteiger partial charge in [-0.15, -0.1) is 0 Å². The second-order valence-electron chi connectivity index (χ2n) is 6.81. The Hall–Kier alpha value is -2.27. The van der Waals surface area contributed by atoms with Crippen LogP contribution in [0.15, 0.2) is 52.3 Å². The smallest absolute Gasteiger partial charge is 0.259 e. The molecule has 128 valence electrons. The van der Waals surface area contributed by atoms with E-state index in [2.05, 4.69) is 5.32 Å². The Kier molecular flexibility index (Phi) is 4.04. The zero-order valence-electron chi connectivity index (χ0n) is 14.3. The fourth-order valence-corrected chi connectivity index (χ4v) is 4.17. The van der Waals surface area contributed by atoms with E-state index in [0.717, 1.165) is 39.6 Å². The Bertz CT molecular complexity index is 859. The Morgan fingerprint density at radius 1 is 1.16 bits per heavy atom. The fraction of sp³-hybridized carbons (Fsp3) is 0.300. The quantitative estimate of drug-likeness (QED) is 0.881. The van der Waals surface area contributed by atoms with Crippen molar-refractivity contribution >= 4 is 35.0 Å². The summed E-state index contributed by atoms with van der Waals surface area (Å²) in [5.41, 5.74) is 2.41. The first-order valence-corrected chi connectivity index (χ1v) is 9.41. The van der Waals surface area contributed by atoms with Gasteiger partial charge in [0.05, 0.1) is 11.3 Å². The van der Waals surface area contributed by atoms with Gasteiger partial charge >= 0.3 is 0 Å². The summed E-state index contributed by atoms with van der Waals surface area (Å²) in [6.07, 6.45) is 1.96. The molecule has 4 rings (SSSR count). The molecule has 1 aliphatic heterocycles. The summed E-state index contributed by atoms with van der Waals surface area (Å²) in [5, 5.41) is 3.00. The Morgan fingerprint density at radius 2 is 1.92 bits per heavy atom. The van der Waals surface area contributed by atoms with E-state index in [4.69, 9.17) is 0 Å². The molecule has 0 saturated heterocycles. The van der Waals surface area contributed by atoms with E-state index in [9.17, 15) is 9.59 Å². The van der Waals surface area contributed by atoms with E-state index in [1.165, 1.54) is 0 Å². The van der Waals surface area contributed by atoms with Gasteiger partial charge in [0.25, 0.3) is 5.91 Å². The van der Waals surface area contributed by atoms with Crippen LogP contribution in [-0.4, -0.2) is 17.9 Å². The zero-order chi connectivity index (χ0) is 17.6. The van der Waals surface area contributed by atoms with Crippen LogP contribution in [0.4, 0.5) is 11.4 Å². The summed E-state index contributed by atoms with van der Waals surface area (Å²) in [7, 11) is 0. The predicted molar refractivity (Wildman–Crippen MR) is 100 cm³/mol. The first kappa shape index (κ1) is 16.2. The molecule has 1 fully saturated rings. The molecule has 0 unspecified atom stereocenters. The lowest BCUT2D eigenvalue weighted by atomic mass is 10.1. The van der Waals surface area contributed by atoms with Crippen molar-refractivity contribution < 1.29 is 9.59 Å². The molecule has 5 heteroatoms. The largest absolute Gasteiger partial charge is 0.326 e. The van der Waals surface area contributed by atoms with E-state index < -0.39 is 0 Å². The van der Waals surface area contributed by atoms with Gasteiger partial charge in [-0.25, -0.2) is 0 Å². The molecular weight excluding hydrogens is 332 g/mol. The first-order chi connectivity index (χ1) is 12.0. The van der Waals surface area contributed by atoms with Crippen molar-refractivity contribution in [2.45, 2.75) is 42.5 Å². The molecule has 1 N–H and O–H groups in total. The van der Waals surface area contributed by atoms with Gasteiger partial charge < -0.3 is 10.2 Å². The van der Waals surface area contributed by atoms with Gasteiger partial charge in [0, 0.05) is 27.4 Å². The van der Waals surface area contributed by atoms with Crippen LogP contribution in [0.3, 0.4) is 0 Å². The average Bonchev–Trinajstić information content (AvgIpc) is 3.42. The Balaban J connectivity index is 1.77. The van der Waals surface area contributed by atoms with Crippen molar-refractivity contribution in [1.82, 2.24) is 0 Å². The molecular formula is C20H20N2O2S. The maximum absolute atomic E-state index is 13.0. The molecule has 2 aromatic carbocycles. The number of amides is 2. The number of hydrogen-bond acceptors (Lipinski definition) is 3. The lowest BCUT2D eigenvalue weighted by Crippen LogP contribution is -2.36. The lowest BCUT2D eigenvalue weighted by molar-refractivity contribution is -0.117. The number of fused-ring (bicyclic) bond motifs is 2. The third kappa shape index (κ3) is 3.04. The highest BCUT2D eigenvalue weighted by atomic mass is 32.2. The normalized spacial score (nSPS) is 16.3. The van der Waals surface area contributed by atoms with Crippen LogP contribution >= 0.6 is 11.8 Å². The second kappa shape index (κ2) is 6.23. The number of benzene rings is 2. The first-order valence-electron chi connectivity index (χ1n) is 8.60. The predicted octanol–water partition coefficient (Wildman–Crippen LogP) is 4.55. The van der Waals surface area contributed by atoms with E-state index in [1.807, 2.05) is 61.2 Å². The van der Waals surface area contributed by atoms with Crippen LogP contribution in [0.1, 0.15) is 37.0 Å². The van der Waals surface area contributed by atoms with Crippen molar-refractivity contribution in [1.29, 1.82) is 0 Å². The molecule has 2 amide bonds. The number of nitrogens with zero attached hydrogens (tertiary/aromatic N) is 1. The van der Waals surface area contributed by atoms with Gasteiger partial charge in [0.15, 0.2) is 0 Å². The van der Waals surface area contributed by atoms with Crippen molar-refractivity contribution in [2.75, 3.05) is 10.2 Å². The second-order valence-corrected chi connectivity index (χ2v) is 7.90. The average molecular weight is 352 g/mol. The minimum atomic E-state index is 0.0200. The number of hydrogen-bond donors (Lipinski definition) is 1. The lowest BCUT2D eigenvalue weighted by Gasteiger charge is -2.27. The standard InChI is InChI=1S/C20H20N2O2S/c1-12(2)22-16-10-9-14(21-19(23)13-7-8-13)11-18(16)25-17-6-4-3-5-15(17)20(22)24/h3-6,9-13H,7-8H2,1-2H3,(H,21,23). The Morgan fingerprint density at radius 3 is 2.64 bits per heavy atom. The molecule has 1 aliphatic carbocycles. The van der Waals surface area contributed by atoms with Crippen LogP contribution in [0.2, 0.25) is 0 Å². The SMILES string of the molecule is CC(C)N1C(=O)c2ccccc2Sc2cc(NC(=O)C3CC3)ccc21. The summed E-state index contributed by atoms with van der Waals surface area (Å²) in [4.78, 5) is 28.9. The van der Waals surface area contributed by atoms with Gasteiger partial charge in [0.2, 0.25) is 5.91 Å². The molecule has 0 spiro atoms. The van der Waals surface area contributed by atoms with Crippen molar-refractivity contribution in [3.63, 3.8) is 0 Å². The molecule has 2 aromatic rings. The van der Waals surface area contributed by atoms with Crippen molar-refractivity contribution in [3.8, 4) is 0 Å². The number of carbonyl (C=O) groups is 2. The highest BCUT2D eigenvalue weighted by molar-refractivity contribution is 7.99. The molecule has 0 atom stereocenters. The van der Waals surface area contributed by atoms with Crippen molar-refractivity contribution in [3.05, 3.63) is 48.0 Å². The molecule has 0 aromatic heterocycles. The monoisotopic (exact) mass is 352 g/mol. The summed E-state index contributed by atoms with van der Waals surface area (Å²) in [6.45, 7) is 4.03. The highest BCUT2D eigenvalue weighted by Gasteiger charge is 2.31. The summed E-state index contributed by atoms with van der Waals surface area (Å²) < 4.78 is 0. The van der Waals surface area contributed by atoms with E-state index >= 15 is 0 Å². The third-order valence-corrected chi connectivity index (χ3v) is 5.63. The molecule has 1 heterocycles. The van der Waals surface area contributed by atoms with Crippen LogP contribution in [0.25, 0.3) is 0 Å². The maximum atomic E-state index is 13.0. The van der Waals surface area contributed by atoms with Gasteiger partial charge in [-0.2, -0.15) is 0 Å². The summed E-state index contributed by atoms with van der Waals surface area (Å²) in [5.74, 6) is 0.281. The molecule has 2 aliphatic rings. The summed E-state index contributed by atoms with van der Waals surface area (Å²) in [6, 6.07) is 13.5. The number of anilines is 2. The molecule has 0 bridgehead atoms. The van der Waals surface area contributed by atoms with Crippen LogP contribution in [-0.2, 0) is 4.79 Å². The van der Waals surface area contributed by atoms with Crippen LogP contribution in [0, 0.1) is 5.92 Å². The molecule has 1 saturated carbocycles. The number of nitrogens with one attached hydrogen (secondary N) is 1. The van der Waals surface area contributed by atoms with Crippen molar-refractivity contribution in [2.24, 2.45) is 5.92 Å². The fourth-order valence-electron chi connectivity index (χ4n) is 3.07.